The van der Waals surface area contributed by atoms with Gasteiger partial charge in [0.2, 0.25) is 0 Å². The van der Waals surface area contributed by atoms with Crippen molar-refractivity contribution in [3.63, 3.8) is 0 Å². The van der Waals surface area contributed by atoms with E-state index in [0.717, 1.165) is 42.0 Å². The fourth-order valence-electron chi connectivity index (χ4n) is 7.67. The van der Waals surface area contributed by atoms with E-state index < -0.39 is 8.07 Å². The van der Waals surface area contributed by atoms with E-state index in [9.17, 15) is 9.90 Å². The summed E-state index contributed by atoms with van der Waals surface area (Å²) in [6.07, 6.45) is 4.79. The number of anilines is 1. The van der Waals surface area contributed by atoms with E-state index >= 15 is 0 Å². The van der Waals surface area contributed by atoms with Crippen LogP contribution >= 0.6 is 0 Å². The van der Waals surface area contributed by atoms with Crippen molar-refractivity contribution in [3.8, 4) is 5.75 Å². The molecule has 1 saturated heterocycles. The van der Waals surface area contributed by atoms with Crippen molar-refractivity contribution < 1.29 is 19.4 Å². The second kappa shape index (κ2) is 16.0. The molecular formula is C41H48N4O4Si. The summed E-state index contributed by atoms with van der Waals surface area (Å²) < 4.78 is 14.4. The number of amides is 1. The van der Waals surface area contributed by atoms with Crippen molar-refractivity contribution in [1.29, 1.82) is 0 Å². The Morgan fingerprint density at radius 3 is 2.26 bits per heavy atom. The molecule has 1 aromatic heterocycles. The molecule has 5 atom stereocenters. The van der Waals surface area contributed by atoms with Crippen LogP contribution in [-0.4, -0.2) is 60.0 Å². The van der Waals surface area contributed by atoms with Gasteiger partial charge in [-0.2, -0.15) is 0 Å². The highest BCUT2D eigenvalue weighted by Gasteiger charge is 2.50. The number of aromatic nitrogens is 3. The number of aliphatic hydroxyl groups excluding tert-OH is 1. The second-order valence-electron chi connectivity index (χ2n) is 13.9. The van der Waals surface area contributed by atoms with Crippen LogP contribution < -0.4 is 15.2 Å². The summed E-state index contributed by atoms with van der Waals surface area (Å²) in [4.78, 5) is 12.6. The van der Waals surface area contributed by atoms with Gasteiger partial charge in [0, 0.05) is 24.0 Å². The summed E-state index contributed by atoms with van der Waals surface area (Å²) in [5.74, 6) is 0.920. The smallest absolute Gasteiger partial charge is 0.255 e. The third-order valence-corrected chi connectivity index (χ3v) is 14.9. The van der Waals surface area contributed by atoms with Crippen molar-refractivity contribution in [3.05, 3.63) is 138 Å². The van der Waals surface area contributed by atoms with Gasteiger partial charge >= 0.3 is 0 Å². The first-order valence-corrected chi connectivity index (χ1v) is 20.7. The highest BCUT2D eigenvalue weighted by Crippen LogP contribution is 2.46. The largest absolute Gasteiger partial charge is 0.497 e. The van der Waals surface area contributed by atoms with Gasteiger partial charge < -0.3 is 19.9 Å². The van der Waals surface area contributed by atoms with E-state index in [4.69, 9.17) is 9.47 Å². The molecule has 9 heteroatoms. The van der Waals surface area contributed by atoms with Gasteiger partial charge in [-0.05, 0) is 78.2 Å². The standard InChI is InChI=1S/C41H48N4O4Si/c1-29-38(24-17-30-15-18-33(19-16-30)42-41(47)32-13-9-6-10-14-32)49-39(40(29)50(3,4)35-22-20-34(48-2)21-23-35)25-26-45-27-37(43-44-45)36(28-46)31-11-7-5-8-12-31/h5-16,18-23,27,29,36,38-40,46H,17,24-26,28H2,1-4H3,(H,42,47)/t29-,36?,38+,39-,40+/m1/s1. The van der Waals surface area contributed by atoms with Crippen molar-refractivity contribution >= 4 is 24.9 Å². The molecule has 2 N–H and O–H groups in total. The summed E-state index contributed by atoms with van der Waals surface area (Å²) in [6.45, 7) is 7.97. The number of nitrogens with one attached hydrogen (secondary N) is 1. The van der Waals surface area contributed by atoms with Crippen molar-refractivity contribution in [2.45, 2.75) is 69.5 Å². The van der Waals surface area contributed by atoms with Crippen LogP contribution in [0.4, 0.5) is 5.69 Å². The maximum atomic E-state index is 12.6. The minimum Gasteiger partial charge on any atom is -0.497 e. The maximum Gasteiger partial charge on any atom is 0.255 e. The van der Waals surface area contributed by atoms with Crippen molar-refractivity contribution in [2.75, 3.05) is 19.0 Å². The number of methoxy groups -OCH3 is 1. The molecule has 50 heavy (non-hydrogen) atoms. The number of benzene rings is 4. The van der Waals surface area contributed by atoms with Gasteiger partial charge in [0.15, 0.2) is 0 Å². The maximum absolute atomic E-state index is 12.6. The number of nitrogens with zero attached hydrogens (tertiary/aromatic N) is 3. The van der Waals surface area contributed by atoms with E-state index in [1.165, 1.54) is 10.8 Å². The molecular weight excluding hydrogens is 641 g/mol. The fourth-order valence-corrected chi connectivity index (χ4v) is 11.8. The van der Waals surface area contributed by atoms with Gasteiger partial charge in [0.1, 0.15) is 5.75 Å². The van der Waals surface area contributed by atoms with E-state index in [1.807, 2.05) is 83.7 Å². The zero-order chi connectivity index (χ0) is 35.1. The lowest BCUT2D eigenvalue weighted by atomic mass is 9.95. The topological polar surface area (TPSA) is 98.5 Å². The second-order valence-corrected chi connectivity index (χ2v) is 18.6. The molecule has 1 fully saturated rings. The molecule has 0 radical (unpaired) electrons. The van der Waals surface area contributed by atoms with Gasteiger partial charge in [0.05, 0.1) is 45.6 Å². The Balaban J connectivity index is 1.15. The van der Waals surface area contributed by atoms with Crippen LogP contribution in [0.5, 0.6) is 5.75 Å². The average Bonchev–Trinajstić information content (AvgIpc) is 3.75. The molecule has 0 bridgehead atoms. The zero-order valence-corrected chi connectivity index (χ0v) is 30.4. The molecule has 6 rings (SSSR count). The first-order chi connectivity index (χ1) is 24.3. The van der Waals surface area contributed by atoms with Crippen LogP contribution in [0.2, 0.25) is 18.6 Å². The molecule has 1 aliphatic rings. The minimum atomic E-state index is -2.01. The molecule has 1 aliphatic heterocycles. The molecule has 1 unspecified atom stereocenters. The third-order valence-electron chi connectivity index (χ3n) is 10.5. The van der Waals surface area contributed by atoms with Gasteiger partial charge in [-0.25, -0.2) is 0 Å². The van der Waals surface area contributed by atoms with Crippen LogP contribution in [0.25, 0.3) is 0 Å². The Hall–Kier alpha value is -4.57. The number of hydrogen-bond acceptors (Lipinski definition) is 6. The number of aryl methyl sites for hydroxylation is 2. The number of rotatable bonds is 14. The van der Waals surface area contributed by atoms with Gasteiger partial charge in [0.25, 0.3) is 5.91 Å². The molecule has 0 aliphatic carbocycles. The first-order valence-electron chi connectivity index (χ1n) is 17.6. The number of hydrogen-bond donors (Lipinski definition) is 2. The van der Waals surface area contributed by atoms with Crippen LogP contribution in [0.1, 0.15) is 52.9 Å². The van der Waals surface area contributed by atoms with Gasteiger partial charge in [-0.3, -0.25) is 9.48 Å². The van der Waals surface area contributed by atoms with Crippen molar-refractivity contribution in [2.24, 2.45) is 5.92 Å². The summed E-state index contributed by atoms with van der Waals surface area (Å²) in [5, 5.41) is 23.5. The lowest BCUT2D eigenvalue weighted by Gasteiger charge is -2.36. The molecule has 8 nitrogen and oxygen atoms in total. The first kappa shape index (κ1) is 35.3. The highest BCUT2D eigenvalue weighted by molar-refractivity contribution is 6.91. The van der Waals surface area contributed by atoms with Gasteiger partial charge in [-0.15, -0.1) is 5.10 Å². The quantitative estimate of drug-likeness (QED) is 0.121. The number of carbonyl (C=O) groups excluding carboxylic acids is 1. The minimum absolute atomic E-state index is 0.0254. The zero-order valence-electron chi connectivity index (χ0n) is 29.4. The number of aliphatic hydroxyl groups is 1. The van der Waals surface area contributed by atoms with Crippen LogP contribution in [0, 0.1) is 5.92 Å². The Morgan fingerprint density at radius 1 is 0.920 bits per heavy atom. The van der Waals surface area contributed by atoms with Gasteiger partial charge in [-0.1, -0.05) is 103 Å². The van der Waals surface area contributed by atoms with Crippen LogP contribution in [0.3, 0.4) is 0 Å². The Labute approximate surface area is 296 Å². The lowest BCUT2D eigenvalue weighted by Crippen LogP contribution is -2.50. The molecule has 0 spiro atoms. The Morgan fingerprint density at radius 2 is 1.60 bits per heavy atom. The SMILES string of the molecule is COc1ccc([Si](C)(C)[C@H]2[C@H](C)[C@H](CCc3ccc(NC(=O)c4ccccc4)cc3)O[C@@H]2CCn2cc(C(CO)c3ccccc3)nn2)cc1. The molecule has 1 amide bonds. The molecule has 260 valence electrons. The lowest BCUT2D eigenvalue weighted by molar-refractivity contribution is 0.0250. The number of carbonyl (C=O) groups is 1. The summed E-state index contributed by atoms with van der Waals surface area (Å²) in [7, 11) is -0.303. The van der Waals surface area contributed by atoms with E-state index in [1.54, 1.807) is 7.11 Å². The highest BCUT2D eigenvalue weighted by atomic mass is 28.3. The predicted molar refractivity (Wildman–Crippen MR) is 201 cm³/mol. The number of ether oxygens (including phenoxy) is 2. The van der Waals surface area contributed by atoms with Crippen LogP contribution in [-0.2, 0) is 17.7 Å². The van der Waals surface area contributed by atoms with E-state index in [0.29, 0.717) is 23.6 Å². The summed E-state index contributed by atoms with van der Waals surface area (Å²) in [5.41, 5.74) is 4.83. The summed E-state index contributed by atoms with van der Waals surface area (Å²) in [6, 6.07) is 36.0. The average molecular weight is 689 g/mol. The predicted octanol–water partition coefficient (Wildman–Crippen LogP) is 7.08. The molecule has 5 aromatic rings. The summed E-state index contributed by atoms with van der Waals surface area (Å²) >= 11 is 0. The Kier molecular flexibility index (Phi) is 11.3. The molecule has 0 saturated carbocycles. The fraction of sp³-hybridized carbons (Fsp3) is 0.341. The Bertz CT molecular complexity index is 1810. The molecule has 2 heterocycles. The third kappa shape index (κ3) is 8.07. The van der Waals surface area contributed by atoms with E-state index in [-0.39, 0.29) is 30.6 Å². The van der Waals surface area contributed by atoms with Crippen LogP contribution in [0.15, 0.2) is 115 Å². The van der Waals surface area contributed by atoms with E-state index in [2.05, 4.69) is 72.0 Å². The van der Waals surface area contributed by atoms with Crippen molar-refractivity contribution in [1.82, 2.24) is 15.0 Å². The molecule has 4 aromatic carbocycles. The monoisotopic (exact) mass is 688 g/mol. The normalized spacial score (nSPS) is 19.6.